The number of thiophene rings is 1. The van der Waals surface area contributed by atoms with Gasteiger partial charge in [-0.15, -0.1) is 11.3 Å². The summed E-state index contributed by atoms with van der Waals surface area (Å²) in [4.78, 5) is 2.15. The van der Waals surface area contributed by atoms with Crippen LogP contribution >= 0.6 is 22.9 Å². The van der Waals surface area contributed by atoms with E-state index in [1.807, 2.05) is 0 Å². The second-order valence-electron chi connectivity index (χ2n) is 11.4. The van der Waals surface area contributed by atoms with E-state index < -0.39 is 33.8 Å². The highest BCUT2D eigenvalue weighted by atomic mass is 35.5. The Labute approximate surface area is 261 Å². The number of nitrogens with two attached hydrogens (primary N) is 1. The van der Waals surface area contributed by atoms with Crippen molar-refractivity contribution < 1.29 is 27.0 Å². The molecule has 0 spiro atoms. The van der Waals surface area contributed by atoms with Crippen LogP contribution in [0.15, 0.2) is 64.9 Å². The van der Waals surface area contributed by atoms with Crippen molar-refractivity contribution in [1.82, 2.24) is 9.62 Å². The number of alkyl halides is 2. The van der Waals surface area contributed by atoms with Crippen LogP contribution in [0.4, 0.5) is 8.78 Å². The zero-order valence-corrected chi connectivity index (χ0v) is 26.2. The molecule has 2 atom stereocenters. The third-order valence-electron chi connectivity index (χ3n) is 8.28. The van der Waals surface area contributed by atoms with Crippen molar-refractivity contribution in [3.05, 3.63) is 76.1 Å². The van der Waals surface area contributed by atoms with E-state index in [0.717, 1.165) is 42.6 Å². The van der Waals surface area contributed by atoms with Gasteiger partial charge in [0.1, 0.15) is 16.5 Å². The Balaban J connectivity index is 1.37. The number of nitrogens with one attached hydrogen (secondary N) is 1. The second kappa shape index (κ2) is 14.0. The van der Waals surface area contributed by atoms with E-state index in [-0.39, 0.29) is 36.1 Å². The number of benzene rings is 2. The van der Waals surface area contributed by atoms with Crippen LogP contribution in [0.5, 0.6) is 0 Å². The minimum atomic E-state index is -4.41. The summed E-state index contributed by atoms with van der Waals surface area (Å²) in [5.41, 5.74) is 7.06. The van der Waals surface area contributed by atoms with Gasteiger partial charge in [0, 0.05) is 34.6 Å². The molecule has 7 nitrogen and oxygen atoms in total. The number of hydrogen-bond donors (Lipinski definition) is 3. The molecule has 1 saturated heterocycles. The molecule has 234 valence electrons. The number of rotatable bonds is 11. The lowest BCUT2D eigenvalue weighted by Gasteiger charge is -2.40. The van der Waals surface area contributed by atoms with Gasteiger partial charge in [-0.2, -0.15) is 13.5 Å². The minimum absolute atomic E-state index is 0.0973. The number of piperidine rings is 1. The summed E-state index contributed by atoms with van der Waals surface area (Å²) in [7, 11) is -4.41. The van der Waals surface area contributed by atoms with Gasteiger partial charge >= 0.3 is 0 Å². The first kappa shape index (κ1) is 32.4. The quantitative estimate of drug-likeness (QED) is 0.231. The van der Waals surface area contributed by atoms with Gasteiger partial charge in [0.25, 0.3) is 15.9 Å². The highest BCUT2D eigenvalue weighted by molar-refractivity contribution is 7.91. The van der Waals surface area contributed by atoms with Gasteiger partial charge in [-0.1, -0.05) is 67.3 Å². The summed E-state index contributed by atoms with van der Waals surface area (Å²) >= 11 is 6.95. The van der Waals surface area contributed by atoms with E-state index in [0.29, 0.717) is 28.3 Å². The lowest BCUT2D eigenvalue weighted by atomic mass is 9.96. The smallest absolute Gasteiger partial charge is 0.293 e. The molecular weight excluding hydrogens is 616 g/mol. The third kappa shape index (κ3) is 8.01. The summed E-state index contributed by atoms with van der Waals surface area (Å²) in [6, 6.07) is 13.4. The first-order valence-electron chi connectivity index (χ1n) is 14.7. The second-order valence-corrected chi connectivity index (χ2v) is 14.9. The Morgan fingerprint density at radius 1 is 0.977 bits per heavy atom. The number of aliphatic hydroxyl groups is 1. The molecule has 4 N–H and O–H groups in total. The first-order chi connectivity index (χ1) is 20.5. The van der Waals surface area contributed by atoms with Crippen LogP contribution in [0, 0.1) is 0 Å². The standard InChI is InChI=1S/C31H38ClF2N3O4S2/c32-24-12-8-22(9-13-24)21-6-10-23(11-7-21)31(33,34)29(30(38)37-18-16-25(35)17-19-37)36-43(39,40)28-15-14-27(42-28)20-41-26-4-2-1-3-5-26/h6-15,25-26,29-30,36,38H,1-5,16-20,35H2/t29-,30?/m0/s1. The molecule has 5 rings (SSSR count). The van der Waals surface area contributed by atoms with Crippen molar-refractivity contribution in [2.24, 2.45) is 5.73 Å². The number of halogens is 3. The van der Waals surface area contributed by atoms with Crippen molar-refractivity contribution in [3.8, 4) is 11.1 Å². The van der Waals surface area contributed by atoms with Crippen molar-refractivity contribution in [2.75, 3.05) is 13.1 Å². The van der Waals surface area contributed by atoms with E-state index in [9.17, 15) is 13.5 Å². The van der Waals surface area contributed by atoms with E-state index in [1.54, 1.807) is 42.5 Å². The van der Waals surface area contributed by atoms with Gasteiger partial charge in [-0.3, -0.25) is 4.90 Å². The van der Waals surface area contributed by atoms with Crippen LogP contribution in [0.1, 0.15) is 55.4 Å². The summed E-state index contributed by atoms with van der Waals surface area (Å²) < 4.78 is 67.7. The molecule has 3 aromatic rings. The largest absolute Gasteiger partial charge is 0.376 e. The van der Waals surface area contributed by atoms with Crippen LogP contribution in [0.2, 0.25) is 5.02 Å². The molecule has 1 aliphatic carbocycles. The Morgan fingerprint density at radius 3 is 2.21 bits per heavy atom. The normalized spacial score (nSPS) is 19.4. The predicted octanol–water partition coefficient (Wildman–Crippen LogP) is 6.10. The fraction of sp³-hybridized carbons (Fsp3) is 0.484. The molecule has 43 heavy (non-hydrogen) atoms. The fourth-order valence-corrected chi connectivity index (χ4v) is 8.32. The molecule has 2 aromatic carbocycles. The zero-order valence-electron chi connectivity index (χ0n) is 23.8. The molecule has 2 heterocycles. The van der Waals surface area contributed by atoms with Gasteiger partial charge in [0.15, 0.2) is 0 Å². The summed E-state index contributed by atoms with van der Waals surface area (Å²) in [6.07, 6.45) is 4.76. The maximum absolute atomic E-state index is 16.3. The molecule has 0 bridgehead atoms. The van der Waals surface area contributed by atoms with Gasteiger partial charge < -0.3 is 15.6 Å². The number of nitrogens with zero attached hydrogens (tertiary/aromatic N) is 1. The molecule has 12 heteroatoms. The van der Waals surface area contributed by atoms with Crippen molar-refractivity contribution >= 4 is 33.0 Å². The highest BCUT2D eigenvalue weighted by Gasteiger charge is 2.49. The molecule has 1 aliphatic heterocycles. The van der Waals surface area contributed by atoms with Gasteiger partial charge in [-0.05, 0) is 61.1 Å². The van der Waals surface area contributed by atoms with E-state index in [1.165, 1.54) is 29.5 Å². The maximum atomic E-state index is 16.3. The monoisotopic (exact) mass is 653 g/mol. The van der Waals surface area contributed by atoms with Crippen molar-refractivity contribution in [3.63, 3.8) is 0 Å². The number of sulfonamides is 1. The molecular formula is C31H38ClF2N3O4S2. The topological polar surface area (TPSA) is 105 Å². The molecule has 1 unspecified atom stereocenters. The first-order valence-corrected chi connectivity index (χ1v) is 17.4. The third-order valence-corrected chi connectivity index (χ3v) is 11.5. The van der Waals surface area contributed by atoms with Gasteiger partial charge in [-0.25, -0.2) is 8.42 Å². The Bertz CT molecular complexity index is 1440. The minimum Gasteiger partial charge on any atom is -0.376 e. The molecule has 2 fully saturated rings. The number of aliphatic hydroxyl groups excluding tert-OH is 1. The van der Waals surface area contributed by atoms with Crippen LogP contribution in [0.25, 0.3) is 11.1 Å². The summed E-state index contributed by atoms with van der Waals surface area (Å²) in [6.45, 7) is 0.808. The highest BCUT2D eigenvalue weighted by Crippen LogP contribution is 2.37. The zero-order chi connectivity index (χ0) is 30.6. The number of likely N-dealkylation sites (tertiary alicyclic amines) is 1. The molecule has 2 aliphatic rings. The van der Waals surface area contributed by atoms with Gasteiger partial charge in [0.05, 0.1) is 12.7 Å². The van der Waals surface area contributed by atoms with Crippen molar-refractivity contribution in [2.45, 2.75) is 86.1 Å². The van der Waals surface area contributed by atoms with Crippen molar-refractivity contribution in [1.29, 1.82) is 0 Å². The average Bonchev–Trinajstić information content (AvgIpc) is 3.50. The number of hydrogen-bond acceptors (Lipinski definition) is 7. The van der Waals surface area contributed by atoms with E-state index >= 15 is 8.78 Å². The van der Waals surface area contributed by atoms with Crippen LogP contribution in [-0.4, -0.2) is 55.9 Å². The van der Waals surface area contributed by atoms with Crippen LogP contribution in [-0.2, 0) is 27.3 Å². The summed E-state index contributed by atoms with van der Waals surface area (Å²) in [5, 5.41) is 11.8. The van der Waals surface area contributed by atoms with E-state index in [4.69, 9.17) is 22.1 Å². The Morgan fingerprint density at radius 2 is 1.58 bits per heavy atom. The van der Waals surface area contributed by atoms with Crippen LogP contribution < -0.4 is 10.5 Å². The van der Waals surface area contributed by atoms with Crippen LogP contribution in [0.3, 0.4) is 0 Å². The molecule has 0 amide bonds. The molecule has 1 aromatic heterocycles. The maximum Gasteiger partial charge on any atom is 0.293 e. The molecule has 0 radical (unpaired) electrons. The summed E-state index contributed by atoms with van der Waals surface area (Å²) in [5.74, 6) is -3.76. The SMILES string of the molecule is NC1CCN(C(O)[C@H](NS(=O)(=O)c2ccc(COC3CCCCC3)s2)C(F)(F)c2ccc(-c3ccc(Cl)cc3)cc2)CC1. The van der Waals surface area contributed by atoms with E-state index in [2.05, 4.69) is 4.72 Å². The van der Waals surface area contributed by atoms with Gasteiger partial charge in [0.2, 0.25) is 0 Å². The Hall–Kier alpha value is -1.96. The lowest BCUT2D eigenvalue weighted by molar-refractivity contribution is -0.127. The lowest BCUT2D eigenvalue weighted by Crippen LogP contribution is -2.60. The number of ether oxygens (including phenoxy) is 1. The molecule has 1 saturated carbocycles. The average molecular weight is 654 g/mol. The Kier molecular flexibility index (Phi) is 10.6. The predicted molar refractivity (Wildman–Crippen MR) is 166 cm³/mol. The fourth-order valence-electron chi connectivity index (χ4n) is 5.66.